The molecule has 1 aliphatic heterocycles. The van der Waals surface area contributed by atoms with Crippen molar-refractivity contribution >= 4 is 5.78 Å². The smallest absolute Gasteiger partial charge is 0.239 e. The lowest BCUT2D eigenvalue weighted by molar-refractivity contribution is -0.127. The molecular weight excluding hydrogens is 220 g/mol. The van der Waals surface area contributed by atoms with Gasteiger partial charge in [-0.05, 0) is 12.8 Å². The summed E-state index contributed by atoms with van der Waals surface area (Å²) in [5, 5.41) is 4.01. The van der Waals surface area contributed by atoms with Crippen LogP contribution >= 0.6 is 0 Å². The van der Waals surface area contributed by atoms with Crippen LogP contribution in [0, 0.1) is 0 Å². The van der Waals surface area contributed by atoms with Crippen LogP contribution in [0.3, 0.4) is 0 Å². The van der Waals surface area contributed by atoms with E-state index in [9.17, 15) is 4.79 Å². The summed E-state index contributed by atoms with van der Waals surface area (Å²) in [6, 6.07) is 0. The summed E-state index contributed by atoms with van der Waals surface area (Å²) >= 11 is 0. The Bertz CT molecular complexity index is 410. The first kappa shape index (κ1) is 10.9. The Kier molecular flexibility index (Phi) is 2.93. The van der Waals surface area contributed by atoms with Crippen LogP contribution in [0.15, 0.2) is 4.52 Å². The van der Waals surface area contributed by atoms with Crippen molar-refractivity contribution in [2.24, 2.45) is 0 Å². The zero-order chi connectivity index (χ0) is 11.7. The summed E-state index contributed by atoms with van der Waals surface area (Å²) < 4.78 is 10.5. The van der Waals surface area contributed by atoms with Gasteiger partial charge in [-0.2, -0.15) is 4.98 Å². The van der Waals surface area contributed by atoms with Crippen LogP contribution in [0.2, 0.25) is 0 Å². The van der Waals surface area contributed by atoms with Crippen molar-refractivity contribution in [3.8, 4) is 0 Å². The summed E-state index contributed by atoms with van der Waals surface area (Å²) in [5.74, 6) is 1.45. The molecule has 1 saturated heterocycles. The van der Waals surface area contributed by atoms with E-state index < -0.39 is 0 Å². The molecule has 0 amide bonds. The van der Waals surface area contributed by atoms with Crippen molar-refractivity contribution in [1.29, 1.82) is 0 Å². The maximum Gasteiger partial charge on any atom is 0.239 e. The molecule has 1 saturated carbocycles. The van der Waals surface area contributed by atoms with E-state index in [1.165, 1.54) is 12.8 Å². The molecule has 17 heavy (non-hydrogen) atoms. The van der Waals surface area contributed by atoms with E-state index in [-0.39, 0.29) is 11.7 Å². The molecule has 1 unspecified atom stereocenters. The molecule has 0 aromatic carbocycles. The van der Waals surface area contributed by atoms with Gasteiger partial charge < -0.3 is 9.26 Å². The SMILES string of the molecule is O=C1CCOCC1c1nc(C2CCCC2)no1. The second kappa shape index (κ2) is 4.56. The van der Waals surface area contributed by atoms with Gasteiger partial charge in [-0.15, -0.1) is 0 Å². The summed E-state index contributed by atoms with van der Waals surface area (Å²) in [4.78, 5) is 16.1. The van der Waals surface area contributed by atoms with Crippen LogP contribution in [-0.2, 0) is 9.53 Å². The van der Waals surface area contributed by atoms with Crippen LogP contribution in [0.1, 0.15) is 55.7 Å². The minimum Gasteiger partial charge on any atom is -0.380 e. The van der Waals surface area contributed by atoms with Gasteiger partial charge >= 0.3 is 0 Å². The zero-order valence-electron chi connectivity index (χ0n) is 9.72. The lowest BCUT2D eigenvalue weighted by atomic mass is 10.0. The Labute approximate surface area is 99.5 Å². The molecule has 1 atom stereocenters. The first-order valence-electron chi connectivity index (χ1n) is 6.28. The third kappa shape index (κ3) is 2.11. The number of carbonyl (C=O) groups is 1. The fourth-order valence-corrected chi connectivity index (χ4v) is 2.59. The highest BCUT2D eigenvalue weighted by Crippen LogP contribution is 2.33. The van der Waals surface area contributed by atoms with Crippen LogP contribution in [0.25, 0.3) is 0 Å². The number of nitrogens with zero attached hydrogens (tertiary/aromatic N) is 2. The third-order valence-corrected chi connectivity index (χ3v) is 3.64. The topological polar surface area (TPSA) is 65.2 Å². The molecule has 92 valence electrons. The monoisotopic (exact) mass is 236 g/mol. The van der Waals surface area contributed by atoms with Crippen molar-refractivity contribution in [2.75, 3.05) is 13.2 Å². The standard InChI is InChI=1S/C12H16N2O3/c15-10-5-6-16-7-9(10)12-13-11(14-17-12)8-3-1-2-4-8/h8-9H,1-7H2. The van der Waals surface area contributed by atoms with Crippen molar-refractivity contribution < 1.29 is 14.1 Å². The Morgan fingerprint density at radius 3 is 2.82 bits per heavy atom. The molecular formula is C12H16N2O3. The number of ether oxygens (including phenoxy) is 1. The van der Waals surface area contributed by atoms with Gasteiger partial charge in [-0.25, -0.2) is 0 Å². The number of hydrogen-bond donors (Lipinski definition) is 0. The molecule has 1 aliphatic carbocycles. The average Bonchev–Trinajstić information content (AvgIpc) is 3.00. The highest BCUT2D eigenvalue weighted by atomic mass is 16.5. The minimum atomic E-state index is -0.341. The van der Waals surface area contributed by atoms with Crippen LogP contribution in [-0.4, -0.2) is 29.1 Å². The maximum absolute atomic E-state index is 11.7. The van der Waals surface area contributed by atoms with E-state index in [2.05, 4.69) is 10.1 Å². The Hall–Kier alpha value is -1.23. The number of rotatable bonds is 2. The van der Waals surface area contributed by atoms with Crippen LogP contribution in [0.5, 0.6) is 0 Å². The number of Topliss-reactive ketones (excluding diaryl/α,β-unsaturated/α-hetero) is 1. The predicted octanol–water partition coefficient (Wildman–Crippen LogP) is 1.80. The fraction of sp³-hybridized carbons (Fsp3) is 0.750. The van der Waals surface area contributed by atoms with Gasteiger partial charge in [0.1, 0.15) is 11.7 Å². The largest absolute Gasteiger partial charge is 0.380 e. The highest BCUT2D eigenvalue weighted by Gasteiger charge is 2.31. The molecule has 3 rings (SSSR count). The Morgan fingerprint density at radius 2 is 2.06 bits per heavy atom. The molecule has 5 heteroatoms. The molecule has 5 nitrogen and oxygen atoms in total. The van der Waals surface area contributed by atoms with Crippen molar-refractivity contribution in [1.82, 2.24) is 10.1 Å². The van der Waals surface area contributed by atoms with Gasteiger partial charge in [-0.3, -0.25) is 4.79 Å². The Balaban J connectivity index is 1.76. The molecule has 0 N–H and O–H groups in total. The summed E-state index contributed by atoms with van der Waals surface area (Å²) in [6.07, 6.45) is 5.19. The number of hydrogen-bond acceptors (Lipinski definition) is 5. The maximum atomic E-state index is 11.7. The molecule has 0 radical (unpaired) electrons. The van der Waals surface area contributed by atoms with E-state index >= 15 is 0 Å². The quantitative estimate of drug-likeness (QED) is 0.783. The minimum absolute atomic E-state index is 0.151. The predicted molar refractivity (Wildman–Crippen MR) is 58.7 cm³/mol. The average molecular weight is 236 g/mol. The van der Waals surface area contributed by atoms with Gasteiger partial charge in [0, 0.05) is 12.3 Å². The summed E-state index contributed by atoms with van der Waals surface area (Å²) in [5.41, 5.74) is 0. The molecule has 2 heterocycles. The van der Waals surface area contributed by atoms with E-state index in [1.807, 2.05) is 0 Å². The molecule has 0 spiro atoms. The summed E-state index contributed by atoms with van der Waals surface area (Å²) in [6.45, 7) is 0.893. The van der Waals surface area contributed by atoms with E-state index in [0.717, 1.165) is 18.7 Å². The van der Waals surface area contributed by atoms with Crippen molar-refractivity contribution in [3.63, 3.8) is 0 Å². The second-order valence-electron chi connectivity index (χ2n) is 4.82. The van der Waals surface area contributed by atoms with Crippen molar-refractivity contribution in [2.45, 2.75) is 43.9 Å². The van der Waals surface area contributed by atoms with Gasteiger partial charge in [0.2, 0.25) is 5.89 Å². The normalized spacial score (nSPS) is 26.6. The van der Waals surface area contributed by atoms with Gasteiger partial charge in [0.05, 0.1) is 13.2 Å². The van der Waals surface area contributed by atoms with Crippen molar-refractivity contribution in [3.05, 3.63) is 11.7 Å². The molecule has 1 aromatic rings. The molecule has 2 fully saturated rings. The molecule has 0 bridgehead atoms. The fourth-order valence-electron chi connectivity index (χ4n) is 2.59. The van der Waals surface area contributed by atoms with Gasteiger partial charge in [0.15, 0.2) is 5.82 Å². The number of aromatic nitrogens is 2. The van der Waals surface area contributed by atoms with Gasteiger partial charge in [0.25, 0.3) is 0 Å². The van der Waals surface area contributed by atoms with Crippen LogP contribution < -0.4 is 0 Å². The lowest BCUT2D eigenvalue weighted by Crippen LogP contribution is -2.25. The van der Waals surface area contributed by atoms with E-state index in [4.69, 9.17) is 9.26 Å². The summed E-state index contributed by atoms with van der Waals surface area (Å²) in [7, 11) is 0. The molecule has 1 aromatic heterocycles. The number of ketones is 1. The van der Waals surface area contributed by atoms with Crippen LogP contribution in [0.4, 0.5) is 0 Å². The highest BCUT2D eigenvalue weighted by molar-refractivity contribution is 5.85. The Morgan fingerprint density at radius 1 is 1.24 bits per heavy atom. The number of carbonyl (C=O) groups excluding carboxylic acids is 1. The lowest BCUT2D eigenvalue weighted by Gasteiger charge is -2.17. The van der Waals surface area contributed by atoms with E-state index in [1.54, 1.807) is 0 Å². The van der Waals surface area contributed by atoms with E-state index in [0.29, 0.717) is 31.4 Å². The third-order valence-electron chi connectivity index (χ3n) is 3.64. The first-order chi connectivity index (χ1) is 8.34. The zero-order valence-corrected chi connectivity index (χ0v) is 9.72. The first-order valence-corrected chi connectivity index (χ1v) is 6.28. The second-order valence-corrected chi connectivity index (χ2v) is 4.82. The molecule has 2 aliphatic rings. The van der Waals surface area contributed by atoms with Gasteiger partial charge in [-0.1, -0.05) is 18.0 Å².